The van der Waals surface area contributed by atoms with Gasteiger partial charge in [0.25, 0.3) is 0 Å². The van der Waals surface area contributed by atoms with E-state index in [9.17, 15) is 43.3 Å². The summed E-state index contributed by atoms with van der Waals surface area (Å²) in [7, 11) is -5.12. The lowest BCUT2D eigenvalue weighted by Crippen LogP contribution is -2.61. The first kappa shape index (κ1) is 58.0. The number of hydrogen-bond donors (Lipinski definition) is 7. The standard InChI is InChI=1S/C48H87NO12S/c1-3-5-7-9-11-13-15-16-17-18-19-20-21-22-23-24-25-27-29-31-33-35-37-42(52)47(55)49-40(41(51)36-34-32-30-28-26-14-12-10-8-6-4-2)39-59-48-45(54)46(61-62(56,57)58)44(53)43(38-50)60-48/h19-20,22-23,26,28,34,36,40-46,48,50-54H,3-18,21,24-25,27,29-33,35,37-39H2,1-2H3,(H,49,55)(H,56,57,58)/b20-19-,23-22-,28-26+,36-34+. The minimum atomic E-state index is -5.12. The topological polar surface area (TPSA) is 212 Å². The molecule has 362 valence electrons. The number of carbonyl (C=O) groups is 1. The van der Waals surface area contributed by atoms with Gasteiger partial charge in [0.2, 0.25) is 5.91 Å². The summed E-state index contributed by atoms with van der Waals surface area (Å²) in [4.78, 5) is 13.1. The molecule has 1 fully saturated rings. The number of carbonyl (C=O) groups excluding carboxylic acids is 1. The van der Waals surface area contributed by atoms with E-state index in [1.165, 1.54) is 96.0 Å². The van der Waals surface area contributed by atoms with Gasteiger partial charge in [0.15, 0.2) is 6.29 Å². The Hall–Kier alpha value is -1.98. The lowest BCUT2D eigenvalue weighted by Gasteiger charge is -2.41. The van der Waals surface area contributed by atoms with Crippen molar-refractivity contribution >= 4 is 16.3 Å². The number of hydrogen-bond acceptors (Lipinski definition) is 11. The van der Waals surface area contributed by atoms with E-state index in [-0.39, 0.29) is 6.42 Å². The van der Waals surface area contributed by atoms with Crippen LogP contribution in [0.5, 0.6) is 0 Å². The fraction of sp³-hybridized carbons (Fsp3) is 0.812. The van der Waals surface area contributed by atoms with Crippen LogP contribution in [-0.4, -0.2) is 107 Å². The van der Waals surface area contributed by atoms with Crippen LogP contribution in [0.15, 0.2) is 48.6 Å². The highest BCUT2D eigenvalue weighted by Crippen LogP contribution is 2.26. The van der Waals surface area contributed by atoms with Crippen molar-refractivity contribution < 1.29 is 57.0 Å². The molecule has 1 aliphatic rings. The van der Waals surface area contributed by atoms with E-state index in [1.807, 2.05) is 0 Å². The average Bonchev–Trinajstić information content (AvgIpc) is 3.24. The van der Waals surface area contributed by atoms with Crippen molar-refractivity contribution in [2.24, 2.45) is 0 Å². The Morgan fingerprint density at radius 3 is 1.65 bits per heavy atom. The monoisotopic (exact) mass is 902 g/mol. The lowest BCUT2D eigenvalue weighted by molar-refractivity contribution is -0.298. The second-order valence-corrected chi connectivity index (χ2v) is 17.9. The van der Waals surface area contributed by atoms with Gasteiger partial charge in [0.1, 0.15) is 30.5 Å². The number of rotatable bonds is 40. The molecule has 1 aliphatic heterocycles. The van der Waals surface area contributed by atoms with Crippen LogP contribution >= 0.6 is 0 Å². The van der Waals surface area contributed by atoms with Gasteiger partial charge >= 0.3 is 10.4 Å². The van der Waals surface area contributed by atoms with Crippen LogP contribution in [0, 0.1) is 0 Å². The smallest absolute Gasteiger partial charge is 0.394 e. The fourth-order valence-electron chi connectivity index (χ4n) is 7.33. The van der Waals surface area contributed by atoms with Crippen molar-refractivity contribution in [3.8, 4) is 0 Å². The van der Waals surface area contributed by atoms with Gasteiger partial charge < -0.3 is 40.3 Å². The van der Waals surface area contributed by atoms with Crippen LogP contribution in [0.1, 0.15) is 187 Å². The molecule has 0 aliphatic carbocycles. The van der Waals surface area contributed by atoms with Crippen LogP contribution < -0.4 is 5.32 Å². The molecule has 0 aromatic carbocycles. The molecule has 0 saturated carbocycles. The summed E-state index contributed by atoms with van der Waals surface area (Å²) in [5.41, 5.74) is 0. The number of aliphatic hydroxyl groups excluding tert-OH is 5. The van der Waals surface area contributed by atoms with E-state index < -0.39 is 78.5 Å². The van der Waals surface area contributed by atoms with Gasteiger partial charge in [-0.3, -0.25) is 9.35 Å². The Kier molecular flexibility index (Phi) is 35.9. The summed E-state index contributed by atoms with van der Waals surface area (Å²) < 4.78 is 47.4. The summed E-state index contributed by atoms with van der Waals surface area (Å²) in [5.74, 6) is -0.723. The molecule has 7 N–H and O–H groups in total. The summed E-state index contributed by atoms with van der Waals surface area (Å²) in [5, 5.41) is 55.1. The van der Waals surface area contributed by atoms with Crippen LogP contribution in [0.2, 0.25) is 0 Å². The quantitative estimate of drug-likeness (QED) is 0.0175. The van der Waals surface area contributed by atoms with E-state index in [0.717, 1.165) is 64.2 Å². The SMILES string of the molecule is CCCCCCC/C=C/CC/C=C/C(O)C(COC1OC(CO)C(O)C(OS(=O)(=O)O)C1O)NC(=O)C(O)CCCCCCCC/C=C\C/C=C\CCCCCCCCCCC. The van der Waals surface area contributed by atoms with Gasteiger partial charge in [0, 0.05) is 0 Å². The zero-order valence-electron chi connectivity index (χ0n) is 38.3. The van der Waals surface area contributed by atoms with E-state index >= 15 is 0 Å². The van der Waals surface area contributed by atoms with Crippen LogP contribution in [0.4, 0.5) is 0 Å². The molecule has 8 unspecified atom stereocenters. The van der Waals surface area contributed by atoms with Gasteiger partial charge in [-0.25, -0.2) is 4.18 Å². The number of nitrogens with one attached hydrogen (secondary N) is 1. The first-order chi connectivity index (χ1) is 29.9. The number of ether oxygens (including phenoxy) is 2. The number of allylic oxidation sites excluding steroid dienone is 7. The Bertz CT molecular complexity index is 1310. The van der Waals surface area contributed by atoms with E-state index in [1.54, 1.807) is 6.08 Å². The summed E-state index contributed by atoms with van der Waals surface area (Å²) in [6, 6.07) is -1.14. The van der Waals surface area contributed by atoms with E-state index in [2.05, 4.69) is 59.8 Å². The third-order valence-corrected chi connectivity index (χ3v) is 11.7. The minimum Gasteiger partial charge on any atom is -0.394 e. The third kappa shape index (κ3) is 30.2. The van der Waals surface area contributed by atoms with Crippen molar-refractivity contribution in [3.05, 3.63) is 48.6 Å². The zero-order valence-corrected chi connectivity index (χ0v) is 39.1. The average molecular weight is 902 g/mol. The van der Waals surface area contributed by atoms with E-state index in [0.29, 0.717) is 12.8 Å². The third-order valence-electron chi connectivity index (χ3n) is 11.2. The van der Waals surface area contributed by atoms with Gasteiger partial charge in [0.05, 0.1) is 25.4 Å². The highest BCUT2D eigenvalue weighted by molar-refractivity contribution is 7.80. The molecule has 1 rings (SSSR count). The first-order valence-corrected chi connectivity index (χ1v) is 25.5. The number of unbranched alkanes of at least 4 members (excludes halogenated alkanes) is 21. The molecule has 0 spiro atoms. The van der Waals surface area contributed by atoms with Crippen molar-refractivity contribution in [2.45, 2.75) is 236 Å². The van der Waals surface area contributed by atoms with E-state index in [4.69, 9.17) is 9.47 Å². The van der Waals surface area contributed by atoms with Gasteiger partial charge in [-0.15, -0.1) is 0 Å². The molecular weight excluding hydrogens is 815 g/mol. The molecule has 62 heavy (non-hydrogen) atoms. The molecule has 14 heteroatoms. The second kappa shape index (κ2) is 38.3. The molecular formula is C48H87NO12S. The number of amides is 1. The van der Waals surface area contributed by atoms with Crippen molar-refractivity contribution in [3.63, 3.8) is 0 Å². The molecule has 13 nitrogen and oxygen atoms in total. The maximum atomic E-state index is 13.1. The van der Waals surface area contributed by atoms with Gasteiger partial charge in [-0.2, -0.15) is 8.42 Å². The summed E-state index contributed by atoms with van der Waals surface area (Å²) in [6.45, 7) is 3.16. The molecule has 8 atom stereocenters. The van der Waals surface area contributed by atoms with Crippen LogP contribution in [0.25, 0.3) is 0 Å². The maximum Gasteiger partial charge on any atom is 0.397 e. The van der Waals surface area contributed by atoms with Crippen molar-refractivity contribution in [1.82, 2.24) is 5.32 Å². The molecule has 0 aromatic rings. The normalized spacial score (nSPS) is 21.5. The second-order valence-electron chi connectivity index (χ2n) is 16.8. The van der Waals surface area contributed by atoms with Gasteiger partial charge in [-0.1, -0.05) is 172 Å². The molecule has 0 bridgehead atoms. The highest BCUT2D eigenvalue weighted by atomic mass is 32.3. The van der Waals surface area contributed by atoms with Crippen molar-refractivity contribution in [1.29, 1.82) is 0 Å². The van der Waals surface area contributed by atoms with Crippen LogP contribution in [-0.2, 0) is 28.9 Å². The Morgan fingerprint density at radius 2 is 1.13 bits per heavy atom. The highest BCUT2D eigenvalue weighted by Gasteiger charge is 2.48. The lowest BCUT2D eigenvalue weighted by atomic mass is 9.99. The molecule has 0 aromatic heterocycles. The molecule has 0 radical (unpaired) electrons. The molecule has 1 amide bonds. The Balaban J connectivity index is 2.51. The molecule has 1 saturated heterocycles. The predicted molar refractivity (Wildman–Crippen MR) is 247 cm³/mol. The Labute approximate surface area is 375 Å². The first-order valence-electron chi connectivity index (χ1n) is 24.1. The maximum absolute atomic E-state index is 13.1. The summed E-state index contributed by atoms with van der Waals surface area (Å²) >= 11 is 0. The zero-order chi connectivity index (χ0) is 45.7. The predicted octanol–water partition coefficient (Wildman–Crippen LogP) is 8.63. The number of aliphatic hydroxyl groups is 5. The van der Waals surface area contributed by atoms with Crippen molar-refractivity contribution in [2.75, 3.05) is 13.2 Å². The molecule has 1 heterocycles. The fourth-order valence-corrected chi connectivity index (χ4v) is 7.84. The Morgan fingerprint density at radius 1 is 0.661 bits per heavy atom. The summed E-state index contributed by atoms with van der Waals surface area (Å²) in [6.07, 6.45) is 34.9. The minimum absolute atomic E-state index is 0.223. The van der Waals surface area contributed by atoms with Gasteiger partial charge in [-0.05, 0) is 64.2 Å². The van der Waals surface area contributed by atoms with Crippen LogP contribution in [0.3, 0.4) is 0 Å². The largest absolute Gasteiger partial charge is 0.397 e.